The molecule has 2 amide bonds. The van der Waals surface area contributed by atoms with Crippen LogP contribution in [0.4, 0.5) is 0 Å². The van der Waals surface area contributed by atoms with Crippen molar-refractivity contribution in [1.82, 2.24) is 0 Å². The Hall–Kier alpha value is -2.12. The molecular formula is C20H34N4O4. The van der Waals surface area contributed by atoms with E-state index in [1.54, 1.807) is 0 Å². The highest BCUT2D eigenvalue weighted by molar-refractivity contribution is 6.35. The van der Waals surface area contributed by atoms with Crippen molar-refractivity contribution in [2.75, 3.05) is 13.2 Å². The second-order valence-electron chi connectivity index (χ2n) is 8.88. The zero-order chi connectivity index (χ0) is 20.9. The third-order valence-corrected chi connectivity index (χ3v) is 5.90. The maximum Gasteiger partial charge on any atom is 0.303 e. The van der Waals surface area contributed by atoms with Gasteiger partial charge in [-0.15, -0.1) is 0 Å². The van der Waals surface area contributed by atoms with E-state index in [9.17, 15) is 9.59 Å². The molecule has 0 aliphatic carbocycles. The van der Waals surface area contributed by atoms with Crippen molar-refractivity contribution in [3.63, 3.8) is 0 Å². The van der Waals surface area contributed by atoms with Crippen LogP contribution in [0, 0.1) is 11.8 Å². The summed E-state index contributed by atoms with van der Waals surface area (Å²) in [4.78, 5) is 31.2. The van der Waals surface area contributed by atoms with Gasteiger partial charge in [-0.2, -0.15) is 0 Å². The van der Waals surface area contributed by atoms with Crippen LogP contribution >= 0.6 is 0 Å². The smallest absolute Gasteiger partial charge is 0.303 e. The van der Waals surface area contributed by atoms with Gasteiger partial charge in [0.25, 0.3) is 11.8 Å². The van der Waals surface area contributed by atoms with E-state index < -0.39 is 11.8 Å². The predicted octanol–water partition coefficient (Wildman–Crippen LogP) is 1.94. The first-order chi connectivity index (χ1) is 13.0. The van der Waals surface area contributed by atoms with E-state index in [2.05, 4.69) is 9.98 Å². The van der Waals surface area contributed by atoms with Crippen molar-refractivity contribution in [2.45, 2.75) is 77.3 Å². The maximum absolute atomic E-state index is 11.2. The number of unbranched alkanes of at least 4 members (excludes halogenated alkanes) is 3. The van der Waals surface area contributed by atoms with Gasteiger partial charge >= 0.3 is 11.8 Å². The van der Waals surface area contributed by atoms with Gasteiger partial charge in [0.05, 0.1) is 24.3 Å². The number of rotatable bonds is 9. The fraction of sp³-hybridized carbons (Fsp3) is 0.800. The normalized spacial score (nSPS) is 25.7. The van der Waals surface area contributed by atoms with Crippen LogP contribution in [-0.2, 0) is 19.1 Å². The van der Waals surface area contributed by atoms with Crippen molar-refractivity contribution >= 4 is 23.6 Å². The van der Waals surface area contributed by atoms with Gasteiger partial charge in [0, 0.05) is 11.8 Å². The Kier molecular flexibility index (Phi) is 7.06. The number of hydrogen-bond donors (Lipinski definition) is 2. The fourth-order valence-corrected chi connectivity index (χ4v) is 3.80. The molecule has 2 atom stereocenters. The lowest BCUT2D eigenvalue weighted by molar-refractivity contribution is -0.114. The minimum absolute atomic E-state index is 0.0423. The molecule has 0 saturated carbocycles. The number of aliphatic imine (C=N–C) groups is 2. The molecule has 0 radical (unpaired) electrons. The number of ether oxygens (including phenoxy) is 2. The Labute approximate surface area is 167 Å². The second kappa shape index (κ2) is 8.92. The Morgan fingerprint density at radius 2 is 1.18 bits per heavy atom. The number of primary amides is 2. The van der Waals surface area contributed by atoms with E-state index >= 15 is 0 Å². The van der Waals surface area contributed by atoms with Crippen molar-refractivity contribution in [3.05, 3.63) is 0 Å². The molecule has 0 spiro atoms. The van der Waals surface area contributed by atoms with Gasteiger partial charge in [0.1, 0.15) is 0 Å². The molecule has 8 nitrogen and oxygen atoms in total. The summed E-state index contributed by atoms with van der Waals surface area (Å²) in [6.07, 6.45) is 6.45. The van der Waals surface area contributed by atoms with E-state index in [1.807, 2.05) is 27.7 Å². The van der Waals surface area contributed by atoms with Crippen molar-refractivity contribution in [1.29, 1.82) is 0 Å². The number of carbonyl (C=O) groups excluding carboxylic acids is 2. The zero-order valence-corrected chi connectivity index (χ0v) is 17.5. The lowest BCUT2D eigenvalue weighted by Crippen LogP contribution is -2.43. The van der Waals surface area contributed by atoms with E-state index in [1.165, 1.54) is 0 Å². The van der Waals surface area contributed by atoms with Gasteiger partial charge in [0.15, 0.2) is 0 Å². The molecule has 2 unspecified atom stereocenters. The predicted molar refractivity (Wildman–Crippen MR) is 108 cm³/mol. The molecule has 0 bridgehead atoms. The molecule has 0 aromatic heterocycles. The van der Waals surface area contributed by atoms with Crippen LogP contribution in [-0.4, -0.2) is 47.9 Å². The summed E-state index contributed by atoms with van der Waals surface area (Å²) in [6, 6.07) is 0. The van der Waals surface area contributed by atoms with Crippen molar-refractivity contribution < 1.29 is 19.1 Å². The topological polar surface area (TPSA) is 129 Å². The SMILES string of the molecule is CC1(C)N=C(C(N)=O)OCC1CCCCCCC1COC(C(N)=O)=NC1(C)C. The Balaban J connectivity index is 1.69. The highest BCUT2D eigenvalue weighted by Crippen LogP contribution is 2.32. The summed E-state index contributed by atoms with van der Waals surface area (Å²) < 4.78 is 10.8. The van der Waals surface area contributed by atoms with Gasteiger partial charge in [0.2, 0.25) is 0 Å². The summed E-state index contributed by atoms with van der Waals surface area (Å²) in [7, 11) is 0. The van der Waals surface area contributed by atoms with E-state index in [4.69, 9.17) is 20.9 Å². The van der Waals surface area contributed by atoms with Crippen LogP contribution in [0.3, 0.4) is 0 Å². The Morgan fingerprint density at radius 1 is 0.821 bits per heavy atom. The quantitative estimate of drug-likeness (QED) is 0.579. The first-order valence-corrected chi connectivity index (χ1v) is 10.1. The number of nitrogens with two attached hydrogens (primary N) is 2. The standard InChI is InChI=1S/C20H34N4O4/c1-19(2)13(11-27-17(23-19)15(21)25)9-7-5-6-8-10-14-12-28-18(16(22)26)24-20(14,3)4/h13-14H,5-12H2,1-4H3,(H2,21,25)(H2,22,26). The molecule has 8 heteroatoms. The summed E-state index contributed by atoms with van der Waals surface area (Å²) in [5.41, 5.74) is 9.85. The minimum atomic E-state index is -0.603. The van der Waals surface area contributed by atoms with Crippen LogP contribution in [0.25, 0.3) is 0 Å². The number of amides is 2. The molecule has 4 N–H and O–H groups in total. The second-order valence-corrected chi connectivity index (χ2v) is 8.88. The third-order valence-electron chi connectivity index (χ3n) is 5.90. The summed E-state index contributed by atoms with van der Waals surface area (Å²) >= 11 is 0. The number of carbonyl (C=O) groups is 2. The number of hydrogen-bond acceptors (Lipinski definition) is 6. The molecule has 28 heavy (non-hydrogen) atoms. The molecule has 2 rings (SSSR count). The first kappa shape index (κ1) is 22.2. The highest BCUT2D eigenvalue weighted by Gasteiger charge is 2.36. The lowest BCUT2D eigenvalue weighted by Gasteiger charge is -2.35. The largest absolute Gasteiger partial charge is 0.474 e. The summed E-state index contributed by atoms with van der Waals surface area (Å²) in [5, 5.41) is 0. The first-order valence-electron chi connectivity index (χ1n) is 10.1. The molecule has 0 saturated heterocycles. The highest BCUT2D eigenvalue weighted by atomic mass is 16.5. The third kappa shape index (κ3) is 5.69. The molecule has 2 aliphatic rings. The molecule has 158 valence electrons. The Morgan fingerprint density at radius 3 is 1.46 bits per heavy atom. The van der Waals surface area contributed by atoms with Gasteiger partial charge < -0.3 is 20.9 Å². The number of nitrogens with zero attached hydrogens (tertiary/aromatic N) is 2. The monoisotopic (exact) mass is 394 g/mol. The maximum atomic E-state index is 11.2. The Bertz CT molecular complexity index is 599. The van der Waals surface area contributed by atoms with Gasteiger partial charge in [-0.05, 0) is 40.5 Å². The molecule has 0 aromatic carbocycles. The zero-order valence-electron chi connectivity index (χ0n) is 17.5. The van der Waals surface area contributed by atoms with Crippen LogP contribution < -0.4 is 11.5 Å². The van der Waals surface area contributed by atoms with Crippen molar-refractivity contribution in [2.24, 2.45) is 33.3 Å². The average molecular weight is 395 g/mol. The van der Waals surface area contributed by atoms with E-state index in [0.29, 0.717) is 13.2 Å². The molecule has 0 aromatic rings. The molecule has 0 fully saturated rings. The molecule has 2 heterocycles. The van der Waals surface area contributed by atoms with Gasteiger partial charge in [-0.3, -0.25) is 9.59 Å². The fourth-order valence-electron chi connectivity index (χ4n) is 3.80. The van der Waals surface area contributed by atoms with Crippen molar-refractivity contribution in [3.8, 4) is 0 Å². The lowest BCUT2D eigenvalue weighted by atomic mass is 9.82. The van der Waals surface area contributed by atoms with Gasteiger partial charge in [-0.25, -0.2) is 9.98 Å². The minimum Gasteiger partial charge on any atom is -0.474 e. The van der Waals surface area contributed by atoms with E-state index in [0.717, 1.165) is 38.5 Å². The van der Waals surface area contributed by atoms with Crippen LogP contribution in [0.15, 0.2) is 9.98 Å². The van der Waals surface area contributed by atoms with Crippen LogP contribution in [0.5, 0.6) is 0 Å². The molecule has 2 aliphatic heterocycles. The van der Waals surface area contributed by atoms with Crippen LogP contribution in [0.1, 0.15) is 66.2 Å². The summed E-state index contributed by atoms with van der Waals surface area (Å²) in [6.45, 7) is 9.07. The van der Waals surface area contributed by atoms with Gasteiger partial charge in [-0.1, -0.05) is 25.7 Å². The van der Waals surface area contributed by atoms with Crippen LogP contribution in [0.2, 0.25) is 0 Å². The average Bonchev–Trinajstić information content (AvgIpc) is 2.58. The summed E-state index contributed by atoms with van der Waals surface area (Å²) in [5.74, 6) is -0.561. The molecular weight excluding hydrogens is 360 g/mol. The van der Waals surface area contributed by atoms with E-state index in [-0.39, 0.29) is 34.7 Å².